The Morgan fingerprint density at radius 2 is 2.21 bits per heavy atom. The standard InChI is InChI=1S/C15H13ClN2O5S/c16-8-1-2-11(23-6-12(19)20)9(5-8)13-14-10(17-7-24-14)3-4-18(13)15(21)22/h1-2,5,7,13H,3-4,6H2,(H,19,20)(H,21,22)/t13-/m1/s1. The number of aliphatic carboxylic acids is 1. The van der Waals surface area contributed by atoms with E-state index in [4.69, 9.17) is 21.4 Å². The summed E-state index contributed by atoms with van der Waals surface area (Å²) in [6, 6.07) is 4.11. The molecule has 0 bridgehead atoms. The molecule has 0 spiro atoms. The molecule has 0 saturated carbocycles. The number of thiazole rings is 1. The Balaban J connectivity index is 2.09. The highest BCUT2D eigenvalue weighted by molar-refractivity contribution is 7.09. The van der Waals surface area contributed by atoms with Gasteiger partial charge < -0.3 is 14.9 Å². The summed E-state index contributed by atoms with van der Waals surface area (Å²) in [7, 11) is 0. The highest BCUT2D eigenvalue weighted by Gasteiger charge is 2.35. The van der Waals surface area contributed by atoms with Crippen molar-refractivity contribution in [2.75, 3.05) is 13.2 Å². The van der Waals surface area contributed by atoms with Gasteiger partial charge in [0.2, 0.25) is 0 Å². The molecule has 1 aromatic carbocycles. The van der Waals surface area contributed by atoms with Gasteiger partial charge in [0.15, 0.2) is 6.61 Å². The summed E-state index contributed by atoms with van der Waals surface area (Å²) >= 11 is 7.43. The summed E-state index contributed by atoms with van der Waals surface area (Å²) in [5, 5.41) is 18.8. The highest BCUT2D eigenvalue weighted by atomic mass is 35.5. The molecule has 1 aromatic heterocycles. The summed E-state index contributed by atoms with van der Waals surface area (Å²) < 4.78 is 5.33. The Morgan fingerprint density at radius 1 is 1.42 bits per heavy atom. The molecule has 2 aromatic rings. The van der Waals surface area contributed by atoms with Crippen LogP contribution in [0.3, 0.4) is 0 Å². The summed E-state index contributed by atoms with van der Waals surface area (Å²) in [4.78, 5) is 28.8. The van der Waals surface area contributed by atoms with Crippen molar-refractivity contribution in [2.24, 2.45) is 0 Å². The van der Waals surface area contributed by atoms with Crippen molar-refractivity contribution in [1.82, 2.24) is 9.88 Å². The fourth-order valence-electron chi connectivity index (χ4n) is 2.70. The van der Waals surface area contributed by atoms with Gasteiger partial charge in [0.1, 0.15) is 11.8 Å². The number of rotatable bonds is 4. The lowest BCUT2D eigenvalue weighted by atomic mass is 9.97. The summed E-state index contributed by atoms with van der Waals surface area (Å²) in [5.74, 6) is -0.826. The number of fused-ring (bicyclic) bond motifs is 1. The van der Waals surface area contributed by atoms with E-state index in [0.717, 1.165) is 10.6 Å². The van der Waals surface area contributed by atoms with Crippen molar-refractivity contribution in [3.8, 4) is 5.75 Å². The monoisotopic (exact) mass is 368 g/mol. The molecule has 0 saturated heterocycles. The number of carbonyl (C=O) groups is 2. The number of hydrogen-bond donors (Lipinski definition) is 2. The molecule has 2 heterocycles. The predicted molar refractivity (Wildman–Crippen MR) is 87.0 cm³/mol. The highest BCUT2D eigenvalue weighted by Crippen LogP contribution is 2.41. The fourth-order valence-corrected chi connectivity index (χ4v) is 3.85. The molecule has 1 amide bonds. The maximum absolute atomic E-state index is 11.7. The van der Waals surface area contributed by atoms with Crippen LogP contribution >= 0.6 is 22.9 Å². The van der Waals surface area contributed by atoms with Crippen LogP contribution in [0.25, 0.3) is 0 Å². The van der Waals surface area contributed by atoms with Crippen LogP contribution in [0, 0.1) is 0 Å². The number of carboxylic acid groups (broad SMARTS) is 2. The average molecular weight is 369 g/mol. The van der Waals surface area contributed by atoms with Gasteiger partial charge in [-0.3, -0.25) is 4.90 Å². The number of halogens is 1. The number of amides is 1. The van der Waals surface area contributed by atoms with E-state index in [1.165, 1.54) is 16.2 Å². The van der Waals surface area contributed by atoms with Crippen LogP contribution in [0.1, 0.15) is 22.2 Å². The van der Waals surface area contributed by atoms with Crippen molar-refractivity contribution in [2.45, 2.75) is 12.5 Å². The molecule has 0 fully saturated rings. The second-order valence-corrected chi connectivity index (χ2v) is 6.48. The number of nitrogens with zero attached hydrogens (tertiary/aromatic N) is 2. The van der Waals surface area contributed by atoms with Crippen molar-refractivity contribution >= 4 is 35.0 Å². The van der Waals surface area contributed by atoms with Gasteiger partial charge in [-0.05, 0) is 18.2 Å². The van der Waals surface area contributed by atoms with E-state index >= 15 is 0 Å². The van der Waals surface area contributed by atoms with Gasteiger partial charge in [-0.15, -0.1) is 11.3 Å². The second-order valence-electron chi connectivity index (χ2n) is 5.16. The van der Waals surface area contributed by atoms with Gasteiger partial charge in [0, 0.05) is 23.6 Å². The maximum atomic E-state index is 11.7. The van der Waals surface area contributed by atoms with Gasteiger partial charge in [-0.2, -0.15) is 0 Å². The summed E-state index contributed by atoms with van der Waals surface area (Å²) in [6.45, 7) is -0.231. The van der Waals surface area contributed by atoms with E-state index in [9.17, 15) is 14.7 Å². The Morgan fingerprint density at radius 3 is 2.92 bits per heavy atom. The second kappa shape index (κ2) is 6.66. The first kappa shape index (κ1) is 16.5. The maximum Gasteiger partial charge on any atom is 0.408 e. The first-order chi connectivity index (χ1) is 11.5. The van der Waals surface area contributed by atoms with Crippen LogP contribution in [0.2, 0.25) is 5.02 Å². The first-order valence-electron chi connectivity index (χ1n) is 7.03. The number of carboxylic acids is 1. The largest absolute Gasteiger partial charge is 0.482 e. The molecule has 1 aliphatic heterocycles. The summed E-state index contributed by atoms with van der Waals surface area (Å²) in [5.41, 5.74) is 3.02. The van der Waals surface area contributed by atoms with Crippen LogP contribution < -0.4 is 4.74 Å². The van der Waals surface area contributed by atoms with E-state index in [0.29, 0.717) is 29.3 Å². The Kier molecular flexibility index (Phi) is 4.59. The van der Waals surface area contributed by atoms with Crippen molar-refractivity contribution in [1.29, 1.82) is 0 Å². The molecule has 7 nitrogen and oxygen atoms in total. The van der Waals surface area contributed by atoms with E-state index in [2.05, 4.69) is 4.98 Å². The van der Waals surface area contributed by atoms with Crippen LogP contribution in [0.5, 0.6) is 5.75 Å². The van der Waals surface area contributed by atoms with Gasteiger partial charge in [-0.1, -0.05) is 11.6 Å². The molecule has 9 heteroatoms. The lowest BCUT2D eigenvalue weighted by Gasteiger charge is -2.34. The number of aromatic nitrogens is 1. The molecule has 0 radical (unpaired) electrons. The topological polar surface area (TPSA) is 100.0 Å². The molecular weight excluding hydrogens is 356 g/mol. The third-order valence-electron chi connectivity index (χ3n) is 3.69. The zero-order valence-electron chi connectivity index (χ0n) is 12.3. The number of ether oxygens (including phenoxy) is 1. The van der Waals surface area contributed by atoms with Gasteiger partial charge in [0.25, 0.3) is 0 Å². The minimum atomic E-state index is -1.12. The normalized spacial score (nSPS) is 16.5. The minimum Gasteiger partial charge on any atom is -0.482 e. The smallest absolute Gasteiger partial charge is 0.408 e. The Labute approximate surface area is 146 Å². The Hall–Kier alpha value is -2.32. The molecule has 0 unspecified atom stereocenters. The van der Waals surface area contributed by atoms with Crippen LogP contribution in [-0.2, 0) is 11.2 Å². The minimum absolute atomic E-state index is 0.291. The molecule has 0 aliphatic carbocycles. The zero-order chi connectivity index (χ0) is 17.3. The third-order valence-corrected chi connectivity index (χ3v) is 4.84. The van der Waals surface area contributed by atoms with E-state index in [1.807, 2.05) is 0 Å². The molecule has 2 N–H and O–H groups in total. The van der Waals surface area contributed by atoms with Crippen molar-refractivity contribution in [3.63, 3.8) is 0 Å². The number of hydrogen-bond acceptors (Lipinski definition) is 5. The Bertz CT molecular complexity index is 794. The van der Waals surface area contributed by atoms with Crippen molar-refractivity contribution in [3.05, 3.63) is 44.9 Å². The van der Waals surface area contributed by atoms with Crippen molar-refractivity contribution < 1.29 is 24.5 Å². The predicted octanol–water partition coefficient (Wildman–Crippen LogP) is 2.89. The van der Waals surface area contributed by atoms with E-state index < -0.39 is 24.7 Å². The first-order valence-corrected chi connectivity index (χ1v) is 8.29. The zero-order valence-corrected chi connectivity index (χ0v) is 13.9. The van der Waals surface area contributed by atoms with Crippen LogP contribution in [0.4, 0.5) is 4.79 Å². The third kappa shape index (κ3) is 3.15. The fraction of sp³-hybridized carbons (Fsp3) is 0.267. The molecule has 1 aliphatic rings. The van der Waals surface area contributed by atoms with Crippen LogP contribution in [0.15, 0.2) is 23.7 Å². The average Bonchev–Trinajstić information content (AvgIpc) is 3.01. The molecule has 126 valence electrons. The van der Waals surface area contributed by atoms with E-state index in [1.54, 1.807) is 23.7 Å². The lowest BCUT2D eigenvalue weighted by Crippen LogP contribution is -2.39. The van der Waals surface area contributed by atoms with Crippen LogP contribution in [-0.4, -0.2) is 45.3 Å². The summed E-state index contributed by atoms with van der Waals surface area (Å²) in [6.07, 6.45) is -0.531. The van der Waals surface area contributed by atoms with Gasteiger partial charge >= 0.3 is 12.1 Å². The van der Waals surface area contributed by atoms with E-state index in [-0.39, 0.29) is 0 Å². The quantitative estimate of drug-likeness (QED) is 0.860. The molecule has 3 rings (SSSR count). The number of benzene rings is 1. The van der Waals surface area contributed by atoms with Gasteiger partial charge in [-0.25, -0.2) is 14.6 Å². The molecular formula is C15H13ClN2O5S. The molecule has 1 atom stereocenters. The molecule has 24 heavy (non-hydrogen) atoms. The lowest BCUT2D eigenvalue weighted by molar-refractivity contribution is -0.139. The van der Waals surface area contributed by atoms with Gasteiger partial charge in [0.05, 0.1) is 16.1 Å². The SMILES string of the molecule is O=C(O)COc1ccc(Cl)cc1[C@@H]1c2scnc2CCN1C(=O)O.